The SMILES string of the molecule is CC(=O)Cc1ncc(-c2ccc(F)cc2)[nH]1. The molecule has 0 aliphatic heterocycles. The molecule has 0 aliphatic carbocycles. The average Bonchev–Trinajstić information content (AvgIpc) is 2.66. The molecule has 0 spiro atoms. The lowest BCUT2D eigenvalue weighted by molar-refractivity contribution is -0.116. The second kappa shape index (κ2) is 4.26. The van der Waals surface area contributed by atoms with Crippen molar-refractivity contribution in [3.05, 3.63) is 42.1 Å². The zero-order valence-corrected chi connectivity index (χ0v) is 8.83. The van der Waals surface area contributed by atoms with Crippen LogP contribution in [-0.4, -0.2) is 15.8 Å². The summed E-state index contributed by atoms with van der Waals surface area (Å²) in [5.41, 5.74) is 1.64. The van der Waals surface area contributed by atoms with Gasteiger partial charge >= 0.3 is 0 Å². The molecule has 1 aromatic carbocycles. The molecule has 82 valence electrons. The van der Waals surface area contributed by atoms with Gasteiger partial charge in [0, 0.05) is 0 Å². The van der Waals surface area contributed by atoms with Gasteiger partial charge in [-0.25, -0.2) is 9.37 Å². The van der Waals surface area contributed by atoms with Crippen LogP contribution in [-0.2, 0) is 11.2 Å². The van der Waals surface area contributed by atoms with E-state index < -0.39 is 0 Å². The van der Waals surface area contributed by atoms with Crippen LogP contribution in [0.15, 0.2) is 30.5 Å². The smallest absolute Gasteiger partial charge is 0.137 e. The number of aromatic nitrogens is 2. The summed E-state index contributed by atoms with van der Waals surface area (Å²) in [6, 6.07) is 6.11. The maximum Gasteiger partial charge on any atom is 0.137 e. The number of nitrogens with zero attached hydrogens (tertiary/aromatic N) is 1. The number of rotatable bonds is 3. The number of benzene rings is 1. The van der Waals surface area contributed by atoms with Gasteiger partial charge in [-0.1, -0.05) is 0 Å². The fourth-order valence-corrected chi connectivity index (χ4v) is 1.46. The Balaban J connectivity index is 2.24. The molecule has 0 amide bonds. The molecule has 0 atom stereocenters. The van der Waals surface area contributed by atoms with Crippen molar-refractivity contribution in [1.29, 1.82) is 0 Å². The number of ketones is 1. The molecule has 4 heteroatoms. The zero-order chi connectivity index (χ0) is 11.5. The van der Waals surface area contributed by atoms with Crippen molar-refractivity contribution in [1.82, 2.24) is 9.97 Å². The summed E-state index contributed by atoms with van der Waals surface area (Å²) in [7, 11) is 0. The van der Waals surface area contributed by atoms with E-state index in [2.05, 4.69) is 9.97 Å². The van der Waals surface area contributed by atoms with Crippen LogP contribution in [0.5, 0.6) is 0 Å². The van der Waals surface area contributed by atoms with E-state index in [1.165, 1.54) is 19.1 Å². The maximum absolute atomic E-state index is 12.7. The zero-order valence-electron chi connectivity index (χ0n) is 8.83. The van der Waals surface area contributed by atoms with Crippen molar-refractivity contribution in [3.8, 4) is 11.3 Å². The van der Waals surface area contributed by atoms with Crippen LogP contribution in [0.4, 0.5) is 4.39 Å². The highest BCUT2D eigenvalue weighted by Crippen LogP contribution is 2.17. The summed E-state index contributed by atoms with van der Waals surface area (Å²) in [5, 5.41) is 0. The van der Waals surface area contributed by atoms with Crippen LogP contribution in [0, 0.1) is 5.82 Å². The number of hydrogen-bond donors (Lipinski definition) is 1. The van der Waals surface area contributed by atoms with Crippen molar-refractivity contribution in [3.63, 3.8) is 0 Å². The van der Waals surface area contributed by atoms with E-state index in [0.29, 0.717) is 12.2 Å². The Labute approximate surface area is 92.3 Å². The Morgan fingerprint density at radius 2 is 2.06 bits per heavy atom. The molecule has 3 nitrogen and oxygen atoms in total. The first kappa shape index (κ1) is 10.5. The van der Waals surface area contributed by atoms with Gasteiger partial charge in [-0.05, 0) is 36.8 Å². The van der Waals surface area contributed by atoms with Crippen LogP contribution in [0.1, 0.15) is 12.7 Å². The van der Waals surface area contributed by atoms with Gasteiger partial charge in [0.05, 0.1) is 18.3 Å². The van der Waals surface area contributed by atoms with Crippen molar-refractivity contribution in [2.45, 2.75) is 13.3 Å². The topological polar surface area (TPSA) is 45.8 Å². The highest BCUT2D eigenvalue weighted by molar-refractivity contribution is 5.77. The summed E-state index contributed by atoms with van der Waals surface area (Å²) in [6.07, 6.45) is 1.94. The van der Waals surface area contributed by atoms with Gasteiger partial charge in [0.1, 0.15) is 17.4 Å². The minimum atomic E-state index is -0.271. The van der Waals surface area contributed by atoms with Gasteiger partial charge < -0.3 is 4.98 Å². The number of aromatic amines is 1. The molecular weight excluding hydrogens is 207 g/mol. The van der Waals surface area contributed by atoms with E-state index in [4.69, 9.17) is 0 Å². The van der Waals surface area contributed by atoms with Crippen molar-refractivity contribution < 1.29 is 9.18 Å². The third-order valence-corrected chi connectivity index (χ3v) is 2.20. The van der Waals surface area contributed by atoms with Gasteiger partial charge in [0.2, 0.25) is 0 Å². The number of carbonyl (C=O) groups is 1. The molecule has 16 heavy (non-hydrogen) atoms. The molecule has 1 N–H and O–H groups in total. The van der Waals surface area contributed by atoms with Crippen LogP contribution in [0.3, 0.4) is 0 Å². The second-order valence-corrected chi connectivity index (χ2v) is 3.63. The molecular formula is C12H11FN2O. The molecule has 2 aromatic rings. The monoisotopic (exact) mass is 218 g/mol. The Hall–Kier alpha value is -1.97. The van der Waals surface area contributed by atoms with Gasteiger partial charge in [-0.2, -0.15) is 0 Å². The molecule has 2 rings (SSSR count). The number of carbonyl (C=O) groups excluding carboxylic acids is 1. The van der Waals surface area contributed by atoms with Crippen LogP contribution >= 0.6 is 0 Å². The lowest BCUT2D eigenvalue weighted by atomic mass is 10.2. The molecule has 1 heterocycles. The molecule has 0 unspecified atom stereocenters. The second-order valence-electron chi connectivity index (χ2n) is 3.63. The van der Waals surface area contributed by atoms with E-state index in [-0.39, 0.29) is 11.6 Å². The first-order valence-electron chi connectivity index (χ1n) is 4.94. The largest absolute Gasteiger partial charge is 0.342 e. The minimum absolute atomic E-state index is 0.0556. The average molecular weight is 218 g/mol. The summed E-state index contributed by atoms with van der Waals surface area (Å²) < 4.78 is 12.7. The van der Waals surface area contributed by atoms with Gasteiger partial charge in [0.25, 0.3) is 0 Å². The first-order valence-corrected chi connectivity index (χ1v) is 4.94. The van der Waals surface area contributed by atoms with Crippen molar-refractivity contribution >= 4 is 5.78 Å². The number of nitrogens with one attached hydrogen (secondary N) is 1. The molecule has 0 saturated heterocycles. The Kier molecular flexibility index (Phi) is 2.81. The first-order chi connectivity index (χ1) is 7.65. The summed E-state index contributed by atoms with van der Waals surface area (Å²) >= 11 is 0. The number of imidazole rings is 1. The third kappa shape index (κ3) is 2.34. The fourth-order valence-electron chi connectivity index (χ4n) is 1.46. The lowest BCUT2D eigenvalue weighted by Crippen LogP contribution is -1.97. The van der Waals surface area contributed by atoms with E-state index in [1.807, 2.05) is 0 Å². The molecule has 0 aliphatic rings. The molecule has 1 aromatic heterocycles. The highest BCUT2D eigenvalue weighted by atomic mass is 19.1. The molecule has 0 bridgehead atoms. The Bertz CT molecular complexity index is 502. The van der Waals surface area contributed by atoms with Crippen LogP contribution in [0.25, 0.3) is 11.3 Å². The van der Waals surface area contributed by atoms with Gasteiger partial charge in [0.15, 0.2) is 0 Å². The summed E-state index contributed by atoms with van der Waals surface area (Å²) in [4.78, 5) is 18.0. The minimum Gasteiger partial charge on any atom is -0.342 e. The lowest BCUT2D eigenvalue weighted by Gasteiger charge is -1.96. The standard InChI is InChI=1S/C12H11FN2O/c1-8(16)6-12-14-7-11(15-12)9-2-4-10(13)5-3-9/h2-5,7H,6H2,1H3,(H,14,15). The summed E-state index contributed by atoms with van der Waals surface area (Å²) in [6.45, 7) is 1.51. The summed E-state index contributed by atoms with van der Waals surface area (Å²) in [5.74, 6) is 0.416. The Morgan fingerprint density at radius 3 is 2.69 bits per heavy atom. The Morgan fingerprint density at radius 1 is 1.38 bits per heavy atom. The number of hydrogen-bond acceptors (Lipinski definition) is 2. The van der Waals surface area contributed by atoms with Crippen molar-refractivity contribution in [2.24, 2.45) is 0 Å². The number of H-pyrrole nitrogens is 1. The predicted octanol–water partition coefficient (Wildman–Crippen LogP) is 2.35. The predicted molar refractivity (Wildman–Crippen MR) is 58.4 cm³/mol. The van der Waals surface area contributed by atoms with E-state index >= 15 is 0 Å². The fraction of sp³-hybridized carbons (Fsp3) is 0.167. The highest BCUT2D eigenvalue weighted by Gasteiger charge is 2.05. The maximum atomic E-state index is 12.7. The third-order valence-electron chi connectivity index (χ3n) is 2.20. The quantitative estimate of drug-likeness (QED) is 0.859. The van der Waals surface area contributed by atoms with Crippen LogP contribution < -0.4 is 0 Å². The van der Waals surface area contributed by atoms with Gasteiger partial charge in [-0.15, -0.1) is 0 Å². The molecule has 0 radical (unpaired) electrons. The van der Waals surface area contributed by atoms with E-state index in [1.54, 1.807) is 18.3 Å². The van der Waals surface area contributed by atoms with Gasteiger partial charge in [-0.3, -0.25) is 4.79 Å². The normalized spacial score (nSPS) is 10.4. The van der Waals surface area contributed by atoms with Crippen molar-refractivity contribution in [2.75, 3.05) is 0 Å². The molecule has 0 fully saturated rings. The van der Waals surface area contributed by atoms with E-state index in [0.717, 1.165) is 11.3 Å². The molecule has 0 saturated carbocycles. The number of Topliss-reactive ketones (excluding diaryl/α,β-unsaturated/α-hetero) is 1. The van der Waals surface area contributed by atoms with Crippen LogP contribution in [0.2, 0.25) is 0 Å². The van der Waals surface area contributed by atoms with E-state index in [9.17, 15) is 9.18 Å². The number of halogens is 1.